The van der Waals surface area contributed by atoms with Crippen LogP contribution in [-0.2, 0) is 19.3 Å². The van der Waals surface area contributed by atoms with Crippen LogP contribution in [0.25, 0.3) is 10.9 Å². The molecule has 1 heterocycles. The Morgan fingerprint density at radius 2 is 1.87 bits per heavy atom. The topological polar surface area (TPSA) is 34.4 Å². The summed E-state index contributed by atoms with van der Waals surface area (Å²) >= 11 is 0. The van der Waals surface area contributed by atoms with Gasteiger partial charge in [0.05, 0.1) is 12.1 Å². The van der Waals surface area contributed by atoms with Crippen molar-refractivity contribution in [3.8, 4) is 5.75 Å². The minimum Gasteiger partial charge on any atom is -0.511 e. The van der Waals surface area contributed by atoms with Gasteiger partial charge < -0.3 is 14.4 Å². The van der Waals surface area contributed by atoms with Gasteiger partial charge in [-0.1, -0.05) is 31.6 Å². The van der Waals surface area contributed by atoms with E-state index >= 15 is 0 Å². The number of rotatable bonds is 6. The number of aromatic nitrogens is 1. The molecule has 30 heavy (non-hydrogen) atoms. The molecular weight excluding hydrogens is 391 g/mol. The number of allylic oxidation sites excluding steroid dienone is 1. The fraction of sp³-hybridized carbons (Fsp3) is 0.333. The van der Waals surface area contributed by atoms with Crippen LogP contribution in [0.1, 0.15) is 48.3 Å². The lowest BCUT2D eigenvalue weighted by atomic mass is 9.91. The van der Waals surface area contributed by atoms with Crippen molar-refractivity contribution in [2.75, 3.05) is 0 Å². The van der Waals surface area contributed by atoms with Crippen molar-refractivity contribution in [3.63, 3.8) is 0 Å². The normalized spacial score (nSPS) is 15.0. The van der Waals surface area contributed by atoms with Crippen LogP contribution in [0, 0.1) is 0 Å². The Morgan fingerprint density at radius 1 is 1.10 bits per heavy atom. The summed E-state index contributed by atoms with van der Waals surface area (Å²) in [6.45, 7) is 3.87. The highest BCUT2D eigenvalue weighted by atomic mass is 19.4. The third kappa shape index (κ3) is 4.32. The number of benzene rings is 2. The molecule has 0 radical (unpaired) electrons. The molecule has 4 rings (SSSR count). The van der Waals surface area contributed by atoms with E-state index in [4.69, 9.17) is 4.74 Å². The molecular formula is C24H24F3NO2. The second kappa shape index (κ2) is 8.09. The van der Waals surface area contributed by atoms with E-state index in [9.17, 15) is 18.3 Å². The van der Waals surface area contributed by atoms with Crippen LogP contribution in [-0.4, -0.2) is 9.67 Å². The minimum absolute atomic E-state index is 0.00182. The molecule has 1 aliphatic rings. The monoisotopic (exact) mass is 415 g/mol. The fourth-order valence-electron chi connectivity index (χ4n) is 4.30. The highest BCUT2D eigenvalue weighted by Crippen LogP contribution is 2.42. The van der Waals surface area contributed by atoms with Gasteiger partial charge in [0.25, 0.3) is 0 Å². The summed E-state index contributed by atoms with van der Waals surface area (Å²) < 4.78 is 48.6. The molecule has 0 spiro atoms. The Kier molecular flexibility index (Phi) is 5.50. The van der Waals surface area contributed by atoms with E-state index < -0.39 is 11.7 Å². The first-order valence-electron chi connectivity index (χ1n) is 10.1. The average molecular weight is 415 g/mol. The van der Waals surface area contributed by atoms with Crippen molar-refractivity contribution in [1.82, 2.24) is 4.57 Å². The van der Waals surface area contributed by atoms with E-state index in [1.165, 1.54) is 6.07 Å². The Morgan fingerprint density at radius 3 is 2.57 bits per heavy atom. The summed E-state index contributed by atoms with van der Waals surface area (Å²) in [6.07, 6.45) is 1.09. The quantitative estimate of drug-likeness (QED) is 0.441. The van der Waals surface area contributed by atoms with Crippen molar-refractivity contribution in [2.24, 2.45) is 0 Å². The predicted molar refractivity (Wildman–Crippen MR) is 111 cm³/mol. The maximum absolute atomic E-state index is 13.6. The summed E-state index contributed by atoms with van der Waals surface area (Å²) in [6, 6.07) is 12.0. The molecule has 0 aliphatic heterocycles. The first kappa shape index (κ1) is 20.4. The first-order valence-corrected chi connectivity index (χ1v) is 10.1. The molecule has 1 N–H and O–H groups in total. The molecule has 0 saturated heterocycles. The van der Waals surface area contributed by atoms with Crippen LogP contribution in [0.5, 0.6) is 5.75 Å². The van der Waals surface area contributed by atoms with Crippen LogP contribution < -0.4 is 4.74 Å². The molecule has 0 amide bonds. The lowest BCUT2D eigenvalue weighted by molar-refractivity contribution is -0.138. The number of alkyl halides is 3. The molecule has 1 saturated carbocycles. The van der Waals surface area contributed by atoms with Gasteiger partial charge in [-0.15, -0.1) is 0 Å². The molecule has 1 aromatic heterocycles. The standard InChI is InChI=1S/C24H24F3NO2/c1-16(29)14-28-11-10-19-13-20(7-9-23(19)28)30-15-17-6-8-21(18-4-2-3-5-18)22(12-17)24(25,26)27/h6-13,18,29H,1-5,14-15H2. The lowest BCUT2D eigenvalue weighted by Crippen LogP contribution is -2.12. The molecule has 3 aromatic rings. The maximum Gasteiger partial charge on any atom is 0.416 e. The van der Waals surface area contributed by atoms with Gasteiger partial charge >= 0.3 is 6.18 Å². The third-order valence-corrected chi connectivity index (χ3v) is 5.72. The van der Waals surface area contributed by atoms with Crippen molar-refractivity contribution in [2.45, 2.75) is 50.9 Å². The van der Waals surface area contributed by atoms with Crippen molar-refractivity contribution >= 4 is 10.9 Å². The number of halogens is 3. The van der Waals surface area contributed by atoms with Crippen LogP contribution in [0.2, 0.25) is 0 Å². The number of hydrogen-bond acceptors (Lipinski definition) is 2. The second-order valence-corrected chi connectivity index (χ2v) is 7.92. The first-order chi connectivity index (χ1) is 14.3. The minimum atomic E-state index is -4.37. The number of ether oxygens (including phenoxy) is 1. The van der Waals surface area contributed by atoms with Crippen LogP contribution in [0.15, 0.2) is 61.0 Å². The molecule has 3 nitrogen and oxygen atoms in total. The van der Waals surface area contributed by atoms with E-state index in [-0.39, 0.29) is 18.3 Å². The van der Waals surface area contributed by atoms with Gasteiger partial charge in [0.1, 0.15) is 18.1 Å². The van der Waals surface area contributed by atoms with Crippen molar-refractivity contribution < 1.29 is 23.0 Å². The Balaban J connectivity index is 1.52. The zero-order valence-corrected chi connectivity index (χ0v) is 16.6. The SMILES string of the molecule is C=C(O)Cn1ccc2cc(OCc3ccc(C4CCCC4)c(C(F)(F)F)c3)ccc21. The highest BCUT2D eigenvalue weighted by Gasteiger charge is 2.36. The van der Waals surface area contributed by atoms with Crippen molar-refractivity contribution in [1.29, 1.82) is 0 Å². The Hall–Kier alpha value is -2.89. The second-order valence-electron chi connectivity index (χ2n) is 7.92. The Bertz CT molecular complexity index is 1060. The van der Waals surface area contributed by atoms with Gasteiger partial charge in [-0.3, -0.25) is 0 Å². The molecule has 0 bridgehead atoms. The summed E-state index contributed by atoms with van der Waals surface area (Å²) in [4.78, 5) is 0. The average Bonchev–Trinajstić information content (AvgIpc) is 3.35. The molecule has 2 aromatic carbocycles. The van der Waals surface area contributed by atoms with Gasteiger partial charge in [-0.2, -0.15) is 13.2 Å². The van der Waals surface area contributed by atoms with E-state index in [0.29, 0.717) is 23.4 Å². The number of fused-ring (bicyclic) bond motifs is 1. The largest absolute Gasteiger partial charge is 0.511 e. The van der Waals surface area contributed by atoms with Crippen LogP contribution in [0.3, 0.4) is 0 Å². The van der Waals surface area contributed by atoms with Crippen LogP contribution in [0.4, 0.5) is 13.2 Å². The third-order valence-electron chi connectivity index (χ3n) is 5.72. The van der Waals surface area contributed by atoms with Gasteiger partial charge in [0.15, 0.2) is 0 Å². The summed E-state index contributed by atoms with van der Waals surface area (Å²) in [5.74, 6) is 0.642. The zero-order chi connectivity index (χ0) is 21.3. The number of aliphatic hydroxyl groups is 1. The molecule has 1 aliphatic carbocycles. The molecule has 158 valence electrons. The van der Waals surface area contributed by atoms with Gasteiger partial charge in [0, 0.05) is 17.1 Å². The smallest absolute Gasteiger partial charge is 0.416 e. The van der Waals surface area contributed by atoms with E-state index in [2.05, 4.69) is 6.58 Å². The summed E-state index contributed by atoms with van der Waals surface area (Å²) in [5, 5.41) is 10.3. The van der Waals surface area contributed by atoms with Gasteiger partial charge in [-0.25, -0.2) is 0 Å². The van der Waals surface area contributed by atoms with Gasteiger partial charge in [0.2, 0.25) is 0 Å². The van der Waals surface area contributed by atoms with Crippen LogP contribution >= 0.6 is 0 Å². The lowest BCUT2D eigenvalue weighted by Gasteiger charge is -2.19. The summed E-state index contributed by atoms with van der Waals surface area (Å²) in [7, 11) is 0. The number of nitrogens with zero attached hydrogens (tertiary/aromatic N) is 1. The van der Waals surface area contributed by atoms with Gasteiger partial charge in [-0.05, 0) is 60.2 Å². The summed E-state index contributed by atoms with van der Waals surface area (Å²) in [5.41, 5.74) is 1.29. The number of hydrogen-bond donors (Lipinski definition) is 1. The van der Waals surface area contributed by atoms with E-state index in [1.54, 1.807) is 18.2 Å². The van der Waals surface area contributed by atoms with Crippen molar-refractivity contribution in [3.05, 3.63) is 77.7 Å². The highest BCUT2D eigenvalue weighted by molar-refractivity contribution is 5.81. The molecule has 0 unspecified atom stereocenters. The maximum atomic E-state index is 13.6. The predicted octanol–water partition coefficient (Wildman–Crippen LogP) is 6.97. The number of aliphatic hydroxyl groups excluding tert-OH is 1. The molecule has 0 atom stereocenters. The fourth-order valence-corrected chi connectivity index (χ4v) is 4.30. The van der Waals surface area contributed by atoms with E-state index in [0.717, 1.165) is 36.6 Å². The molecule has 1 fully saturated rings. The zero-order valence-electron chi connectivity index (χ0n) is 16.6. The Labute approximate surface area is 173 Å². The van der Waals surface area contributed by atoms with E-state index in [1.807, 2.05) is 29.0 Å². The molecule has 6 heteroatoms.